The minimum Gasteiger partial charge on any atom is -0.367 e. The molecule has 2 aromatic heterocycles. The van der Waals surface area contributed by atoms with Gasteiger partial charge in [0.15, 0.2) is 5.82 Å². The molecule has 5 heteroatoms. The maximum Gasteiger partial charge on any atom is 0.228 e. The van der Waals surface area contributed by atoms with Crippen molar-refractivity contribution in [1.29, 1.82) is 0 Å². The summed E-state index contributed by atoms with van der Waals surface area (Å²) in [6.07, 6.45) is 4.84. The molecular formula is C20H26N4O. The first-order chi connectivity index (χ1) is 12.1. The van der Waals surface area contributed by atoms with Gasteiger partial charge in [0.05, 0.1) is 0 Å². The zero-order valence-corrected chi connectivity index (χ0v) is 15.5. The highest BCUT2D eigenvalue weighted by atomic mass is 16.5. The summed E-state index contributed by atoms with van der Waals surface area (Å²) >= 11 is 0. The van der Waals surface area contributed by atoms with Gasteiger partial charge in [0, 0.05) is 12.1 Å². The molecule has 132 valence electrons. The second-order valence-corrected chi connectivity index (χ2v) is 6.63. The Morgan fingerprint density at radius 1 is 1.04 bits per heavy atom. The number of anilines is 1. The third-order valence-electron chi connectivity index (χ3n) is 4.39. The molecule has 3 aromatic rings. The molecule has 2 heterocycles. The van der Waals surface area contributed by atoms with Gasteiger partial charge in [-0.3, -0.25) is 0 Å². The molecule has 0 aliphatic heterocycles. The van der Waals surface area contributed by atoms with Crippen LogP contribution in [0.5, 0.6) is 0 Å². The van der Waals surface area contributed by atoms with Crippen molar-refractivity contribution in [2.75, 3.05) is 11.9 Å². The molecule has 0 radical (unpaired) electrons. The third kappa shape index (κ3) is 3.81. The van der Waals surface area contributed by atoms with Crippen molar-refractivity contribution in [2.24, 2.45) is 0 Å². The number of aryl methyl sites for hydroxylation is 3. The second kappa shape index (κ2) is 7.64. The Bertz CT molecular complexity index is 870. The Morgan fingerprint density at radius 2 is 1.88 bits per heavy atom. The third-order valence-corrected chi connectivity index (χ3v) is 4.39. The van der Waals surface area contributed by atoms with E-state index in [1.54, 1.807) is 0 Å². The maximum atomic E-state index is 5.62. The summed E-state index contributed by atoms with van der Waals surface area (Å²) in [5.41, 5.74) is 5.64. The van der Waals surface area contributed by atoms with Crippen molar-refractivity contribution < 1.29 is 4.52 Å². The van der Waals surface area contributed by atoms with Crippen LogP contribution in [-0.4, -0.2) is 21.7 Å². The number of rotatable bonds is 7. The molecule has 0 amide bonds. The second-order valence-electron chi connectivity index (χ2n) is 6.63. The number of nitrogens with zero attached hydrogens (tertiary/aromatic N) is 3. The van der Waals surface area contributed by atoms with Crippen LogP contribution in [0.15, 0.2) is 22.7 Å². The lowest BCUT2D eigenvalue weighted by Crippen LogP contribution is -2.05. The lowest BCUT2D eigenvalue weighted by atomic mass is 10.0. The molecule has 0 aliphatic rings. The van der Waals surface area contributed by atoms with E-state index < -0.39 is 0 Å². The summed E-state index contributed by atoms with van der Waals surface area (Å²) in [6.45, 7) is 9.17. The molecular weight excluding hydrogens is 312 g/mol. The highest BCUT2D eigenvalue weighted by Gasteiger charge is 2.18. The Hall–Kier alpha value is -2.43. The summed E-state index contributed by atoms with van der Waals surface area (Å²) < 4.78 is 5.62. The molecule has 3 rings (SSSR count). The molecule has 0 bridgehead atoms. The van der Waals surface area contributed by atoms with Crippen LogP contribution in [-0.2, 0) is 0 Å². The first-order valence-electron chi connectivity index (χ1n) is 9.05. The van der Waals surface area contributed by atoms with Gasteiger partial charge < -0.3 is 9.84 Å². The summed E-state index contributed by atoms with van der Waals surface area (Å²) in [7, 11) is 0. The van der Waals surface area contributed by atoms with Gasteiger partial charge in [-0.15, -0.1) is 0 Å². The topological polar surface area (TPSA) is 63.8 Å². The number of aromatic nitrogens is 3. The molecule has 0 atom stereocenters. The SMILES string of the molecule is CCCCCCNc1nc(C)nc2c(-c3ccc(C)cc3C)noc12. The van der Waals surface area contributed by atoms with Crippen LogP contribution in [0.1, 0.15) is 49.6 Å². The van der Waals surface area contributed by atoms with Gasteiger partial charge in [-0.05, 0) is 32.8 Å². The smallest absolute Gasteiger partial charge is 0.228 e. The molecule has 0 saturated heterocycles. The van der Waals surface area contributed by atoms with Crippen molar-refractivity contribution in [3.63, 3.8) is 0 Å². The van der Waals surface area contributed by atoms with E-state index in [-0.39, 0.29) is 0 Å². The first-order valence-corrected chi connectivity index (χ1v) is 9.05. The standard InChI is InChI=1S/C20H26N4O/c1-5-6-7-8-11-21-20-19-18(22-15(4)23-20)17(24-25-19)16-10-9-13(2)12-14(16)3/h9-10,12H,5-8,11H2,1-4H3,(H,21,22,23). The molecule has 1 aromatic carbocycles. The Morgan fingerprint density at radius 3 is 2.64 bits per heavy atom. The maximum absolute atomic E-state index is 5.62. The van der Waals surface area contributed by atoms with Crippen LogP contribution in [0.2, 0.25) is 0 Å². The van der Waals surface area contributed by atoms with Crippen LogP contribution in [0.4, 0.5) is 5.82 Å². The van der Waals surface area contributed by atoms with Crippen LogP contribution in [0, 0.1) is 20.8 Å². The summed E-state index contributed by atoms with van der Waals surface area (Å²) in [6, 6.07) is 6.32. The van der Waals surface area contributed by atoms with E-state index in [4.69, 9.17) is 4.52 Å². The minimum absolute atomic E-state index is 0.635. The fourth-order valence-electron chi connectivity index (χ4n) is 3.08. The molecule has 0 saturated carbocycles. The molecule has 0 spiro atoms. The number of benzene rings is 1. The fraction of sp³-hybridized carbons (Fsp3) is 0.450. The molecule has 1 N–H and O–H groups in total. The predicted octanol–water partition coefficient (Wildman–Crippen LogP) is 5.20. The average Bonchev–Trinajstić information content (AvgIpc) is 2.98. The van der Waals surface area contributed by atoms with Gasteiger partial charge in [0.25, 0.3) is 0 Å². The van der Waals surface area contributed by atoms with Crippen LogP contribution in [0.25, 0.3) is 22.4 Å². The normalized spacial score (nSPS) is 11.2. The van der Waals surface area contributed by atoms with Gasteiger partial charge >= 0.3 is 0 Å². The zero-order valence-electron chi connectivity index (χ0n) is 15.5. The fourth-order valence-corrected chi connectivity index (χ4v) is 3.08. The largest absolute Gasteiger partial charge is 0.367 e. The molecule has 0 fully saturated rings. The first kappa shape index (κ1) is 17.4. The number of hydrogen-bond donors (Lipinski definition) is 1. The Balaban J connectivity index is 1.92. The van der Waals surface area contributed by atoms with Crippen LogP contribution in [0.3, 0.4) is 0 Å². The minimum atomic E-state index is 0.635. The summed E-state index contributed by atoms with van der Waals surface area (Å²) in [5.74, 6) is 1.46. The van der Waals surface area contributed by atoms with E-state index in [2.05, 4.69) is 59.4 Å². The molecule has 25 heavy (non-hydrogen) atoms. The monoisotopic (exact) mass is 338 g/mol. The molecule has 5 nitrogen and oxygen atoms in total. The summed E-state index contributed by atoms with van der Waals surface area (Å²) in [4.78, 5) is 9.09. The van der Waals surface area contributed by atoms with Crippen LogP contribution < -0.4 is 5.32 Å². The van der Waals surface area contributed by atoms with E-state index >= 15 is 0 Å². The number of hydrogen-bond acceptors (Lipinski definition) is 5. The quantitative estimate of drug-likeness (QED) is 0.600. The van der Waals surface area contributed by atoms with Crippen molar-refractivity contribution >= 4 is 16.9 Å². The number of fused-ring (bicyclic) bond motifs is 1. The van der Waals surface area contributed by atoms with E-state index in [0.29, 0.717) is 5.58 Å². The summed E-state index contributed by atoms with van der Waals surface area (Å²) in [5, 5.41) is 7.69. The average molecular weight is 338 g/mol. The van der Waals surface area contributed by atoms with Gasteiger partial charge in [-0.2, -0.15) is 0 Å². The number of nitrogens with one attached hydrogen (secondary N) is 1. The zero-order chi connectivity index (χ0) is 17.8. The van der Waals surface area contributed by atoms with Crippen LogP contribution >= 0.6 is 0 Å². The lowest BCUT2D eigenvalue weighted by Gasteiger charge is -2.07. The van der Waals surface area contributed by atoms with E-state index in [9.17, 15) is 0 Å². The van der Waals surface area contributed by atoms with Gasteiger partial charge in [-0.25, -0.2) is 9.97 Å². The van der Waals surface area contributed by atoms with Crippen molar-refractivity contribution in [1.82, 2.24) is 15.1 Å². The van der Waals surface area contributed by atoms with Crippen molar-refractivity contribution in [2.45, 2.75) is 53.4 Å². The van der Waals surface area contributed by atoms with E-state index in [1.807, 2.05) is 6.92 Å². The van der Waals surface area contributed by atoms with E-state index in [1.165, 1.54) is 30.4 Å². The Kier molecular flexibility index (Phi) is 5.31. The van der Waals surface area contributed by atoms with Crippen molar-refractivity contribution in [3.8, 4) is 11.3 Å². The predicted molar refractivity (Wildman–Crippen MR) is 102 cm³/mol. The lowest BCUT2D eigenvalue weighted by molar-refractivity contribution is 0.459. The Labute approximate surface area is 148 Å². The van der Waals surface area contributed by atoms with Gasteiger partial charge in [-0.1, -0.05) is 55.1 Å². The molecule has 0 aliphatic carbocycles. The van der Waals surface area contributed by atoms with Gasteiger partial charge in [0.2, 0.25) is 5.58 Å². The number of unbranched alkanes of at least 4 members (excludes halogenated alkanes) is 3. The highest BCUT2D eigenvalue weighted by Crippen LogP contribution is 2.32. The van der Waals surface area contributed by atoms with Gasteiger partial charge in [0.1, 0.15) is 17.0 Å². The highest BCUT2D eigenvalue weighted by molar-refractivity contribution is 5.94. The van der Waals surface area contributed by atoms with Crippen molar-refractivity contribution in [3.05, 3.63) is 35.2 Å². The molecule has 0 unspecified atom stereocenters. The van der Waals surface area contributed by atoms with E-state index in [0.717, 1.165) is 41.4 Å².